The molecular weight excluding hydrogens is 196 g/mol. The monoisotopic (exact) mass is 215 g/mol. The van der Waals surface area contributed by atoms with Crippen LogP contribution in [0.3, 0.4) is 0 Å². The molecular formula is C15H18O. The first-order valence-corrected chi connectivity index (χ1v) is 5.93. The number of ketones is 1. The lowest BCUT2D eigenvalue weighted by Crippen LogP contribution is -1.97. The van der Waals surface area contributed by atoms with Gasteiger partial charge in [0, 0.05) is 7.77 Å². The minimum Gasteiger partial charge on any atom is -0.295 e. The molecule has 0 aliphatic heterocycles. The van der Waals surface area contributed by atoms with E-state index in [0.29, 0.717) is 6.42 Å². The van der Waals surface area contributed by atoms with Crippen molar-refractivity contribution in [3.05, 3.63) is 47.0 Å². The zero-order chi connectivity index (χ0) is 12.3. The first-order valence-electron chi connectivity index (χ1n) is 6.51. The van der Waals surface area contributed by atoms with E-state index in [1.165, 1.54) is 11.1 Å². The molecule has 0 saturated heterocycles. The standard InChI is InChI=1S/C15H18O/c1-2-6-14-13(9-10-15(14)16)11-12-7-4-3-5-8-12/h3-5,7-8H,2,6,9-11H2,1H3/i10D. The number of hydrogen-bond acceptors (Lipinski definition) is 1. The highest BCUT2D eigenvalue weighted by Gasteiger charge is 2.21. The molecule has 0 radical (unpaired) electrons. The molecule has 1 atom stereocenters. The number of carbonyl (C=O) groups is 1. The van der Waals surface area contributed by atoms with Crippen LogP contribution in [0, 0.1) is 0 Å². The van der Waals surface area contributed by atoms with Crippen molar-refractivity contribution < 1.29 is 6.17 Å². The van der Waals surface area contributed by atoms with Gasteiger partial charge in [-0.3, -0.25) is 4.79 Å². The molecule has 0 N–H and O–H groups in total. The van der Waals surface area contributed by atoms with E-state index in [0.717, 1.165) is 24.8 Å². The average Bonchev–Trinajstić information content (AvgIpc) is 2.59. The number of hydrogen-bond donors (Lipinski definition) is 0. The number of carbonyl (C=O) groups excluding carboxylic acids is 1. The molecule has 0 aromatic heterocycles. The Morgan fingerprint density at radius 1 is 1.31 bits per heavy atom. The fourth-order valence-corrected chi connectivity index (χ4v) is 2.21. The quantitative estimate of drug-likeness (QED) is 0.748. The normalized spacial score (nSPS) is 21.4. The van der Waals surface area contributed by atoms with E-state index in [-0.39, 0.29) is 5.78 Å². The number of rotatable bonds is 4. The summed E-state index contributed by atoms with van der Waals surface area (Å²) < 4.78 is 7.75. The van der Waals surface area contributed by atoms with Crippen LogP contribution in [0.25, 0.3) is 0 Å². The molecule has 0 saturated carbocycles. The molecule has 1 aromatic rings. The number of benzene rings is 1. The summed E-state index contributed by atoms with van der Waals surface area (Å²) in [6.45, 7) is 2.08. The summed E-state index contributed by atoms with van der Waals surface area (Å²) in [4.78, 5) is 11.9. The predicted molar refractivity (Wildman–Crippen MR) is 66.3 cm³/mol. The summed E-state index contributed by atoms with van der Waals surface area (Å²) in [5, 5.41) is 0. The second-order valence-corrected chi connectivity index (χ2v) is 4.27. The fraction of sp³-hybridized carbons (Fsp3) is 0.400. The Bertz CT molecular complexity index is 433. The summed E-state index contributed by atoms with van der Waals surface area (Å²) in [5.41, 5.74) is 3.34. The van der Waals surface area contributed by atoms with Gasteiger partial charge in [-0.2, -0.15) is 0 Å². The summed E-state index contributed by atoms with van der Waals surface area (Å²) in [5.74, 6) is 0.0535. The molecule has 1 aliphatic carbocycles. The maximum atomic E-state index is 11.9. The highest BCUT2D eigenvalue weighted by Crippen LogP contribution is 2.28. The molecule has 1 unspecified atom stereocenters. The van der Waals surface area contributed by atoms with E-state index >= 15 is 0 Å². The first kappa shape index (κ1) is 9.83. The second kappa shape index (κ2) is 5.11. The van der Waals surface area contributed by atoms with Crippen molar-refractivity contribution in [1.82, 2.24) is 0 Å². The van der Waals surface area contributed by atoms with Crippen LogP contribution in [0.1, 0.15) is 39.5 Å². The van der Waals surface area contributed by atoms with Crippen LogP contribution >= 0.6 is 0 Å². The lowest BCUT2D eigenvalue weighted by molar-refractivity contribution is -0.115. The van der Waals surface area contributed by atoms with Gasteiger partial charge in [0.2, 0.25) is 0 Å². The molecule has 1 aromatic carbocycles. The molecule has 1 heteroatoms. The molecule has 2 rings (SSSR count). The molecule has 1 nitrogen and oxygen atoms in total. The third-order valence-corrected chi connectivity index (χ3v) is 3.02. The summed E-state index contributed by atoms with van der Waals surface area (Å²) in [6.07, 6.45) is 2.72. The third-order valence-electron chi connectivity index (χ3n) is 3.02. The Balaban J connectivity index is 2.20. The van der Waals surface area contributed by atoms with Crippen molar-refractivity contribution in [2.24, 2.45) is 0 Å². The number of allylic oxidation sites excluding steroid dienone is 2. The van der Waals surface area contributed by atoms with E-state index in [9.17, 15) is 4.79 Å². The summed E-state index contributed by atoms with van der Waals surface area (Å²) in [6, 6.07) is 10.2. The van der Waals surface area contributed by atoms with E-state index in [1.807, 2.05) is 18.2 Å². The highest BCUT2D eigenvalue weighted by atomic mass is 16.1. The van der Waals surface area contributed by atoms with Crippen LogP contribution in [0.15, 0.2) is 41.5 Å². The van der Waals surface area contributed by atoms with E-state index in [4.69, 9.17) is 1.37 Å². The summed E-state index contributed by atoms with van der Waals surface area (Å²) >= 11 is 0. The van der Waals surface area contributed by atoms with Crippen LogP contribution in [-0.2, 0) is 11.2 Å². The molecule has 0 spiro atoms. The zero-order valence-electron chi connectivity index (χ0n) is 10.7. The highest BCUT2D eigenvalue weighted by molar-refractivity contribution is 5.98. The largest absolute Gasteiger partial charge is 0.295 e. The van der Waals surface area contributed by atoms with Gasteiger partial charge in [-0.25, -0.2) is 0 Å². The zero-order valence-corrected chi connectivity index (χ0v) is 9.70. The smallest absolute Gasteiger partial charge is 0.159 e. The Kier molecular flexibility index (Phi) is 3.14. The van der Waals surface area contributed by atoms with Crippen LogP contribution in [-0.4, -0.2) is 5.78 Å². The summed E-state index contributed by atoms with van der Waals surface area (Å²) in [7, 11) is 0. The van der Waals surface area contributed by atoms with E-state index < -0.39 is 6.40 Å². The SMILES string of the molecule is [2H]C1CC(Cc2ccccc2)=C(CCC)C1=O. The Morgan fingerprint density at radius 3 is 2.75 bits per heavy atom. The molecule has 16 heavy (non-hydrogen) atoms. The van der Waals surface area contributed by atoms with Gasteiger partial charge in [0.15, 0.2) is 5.78 Å². The molecule has 0 amide bonds. The van der Waals surface area contributed by atoms with Crippen LogP contribution < -0.4 is 0 Å². The van der Waals surface area contributed by atoms with E-state index in [2.05, 4.69) is 19.1 Å². The van der Waals surface area contributed by atoms with Gasteiger partial charge in [-0.05, 0) is 30.4 Å². The van der Waals surface area contributed by atoms with E-state index in [1.54, 1.807) is 0 Å². The van der Waals surface area contributed by atoms with Crippen molar-refractivity contribution in [2.75, 3.05) is 0 Å². The molecule has 84 valence electrons. The van der Waals surface area contributed by atoms with Crippen molar-refractivity contribution in [3.8, 4) is 0 Å². The molecule has 1 aliphatic rings. The Labute approximate surface area is 98.6 Å². The lowest BCUT2D eigenvalue weighted by Gasteiger charge is -2.05. The molecule has 0 heterocycles. The van der Waals surface area contributed by atoms with Crippen LogP contribution in [0.4, 0.5) is 0 Å². The Morgan fingerprint density at radius 2 is 2.06 bits per heavy atom. The minimum absolute atomic E-state index is 0.0535. The molecule has 0 fully saturated rings. The third kappa shape index (κ3) is 2.41. The second-order valence-electron chi connectivity index (χ2n) is 4.27. The van der Waals surface area contributed by atoms with Crippen LogP contribution in [0.2, 0.25) is 0 Å². The predicted octanol–water partition coefficient (Wildman–Crippen LogP) is 3.69. The van der Waals surface area contributed by atoms with Crippen LogP contribution in [0.5, 0.6) is 0 Å². The van der Waals surface area contributed by atoms with Crippen molar-refractivity contribution in [1.29, 1.82) is 0 Å². The topological polar surface area (TPSA) is 17.1 Å². The average molecular weight is 215 g/mol. The molecule has 0 bridgehead atoms. The van der Waals surface area contributed by atoms with Gasteiger partial charge >= 0.3 is 0 Å². The van der Waals surface area contributed by atoms with Gasteiger partial charge in [-0.1, -0.05) is 49.2 Å². The Hall–Kier alpha value is -1.37. The maximum absolute atomic E-state index is 11.9. The maximum Gasteiger partial charge on any atom is 0.159 e. The van der Waals surface area contributed by atoms with Crippen molar-refractivity contribution in [3.63, 3.8) is 0 Å². The van der Waals surface area contributed by atoms with Gasteiger partial charge < -0.3 is 0 Å². The van der Waals surface area contributed by atoms with Gasteiger partial charge in [0.1, 0.15) is 0 Å². The first-order chi connectivity index (χ1) is 8.22. The number of Topliss-reactive ketones (excluding diaryl/α,β-unsaturated/α-hetero) is 1. The van der Waals surface area contributed by atoms with Gasteiger partial charge in [0.05, 0.1) is 0 Å². The van der Waals surface area contributed by atoms with Crippen molar-refractivity contribution in [2.45, 2.75) is 39.0 Å². The minimum atomic E-state index is -0.546. The van der Waals surface area contributed by atoms with Gasteiger partial charge in [0.25, 0.3) is 0 Å². The lowest BCUT2D eigenvalue weighted by atomic mass is 9.99. The fourth-order valence-electron chi connectivity index (χ4n) is 2.21. The van der Waals surface area contributed by atoms with Crippen molar-refractivity contribution >= 4 is 5.78 Å². The van der Waals surface area contributed by atoms with Gasteiger partial charge in [-0.15, -0.1) is 0 Å².